The first kappa shape index (κ1) is 15.9. The van der Waals surface area contributed by atoms with Gasteiger partial charge in [-0.15, -0.1) is 11.3 Å². The Balaban J connectivity index is 2.31. The smallest absolute Gasteiger partial charge is 0.262 e. The van der Waals surface area contributed by atoms with E-state index in [0.29, 0.717) is 18.8 Å². The highest BCUT2D eigenvalue weighted by molar-refractivity contribution is 7.89. The maximum atomic E-state index is 12.7. The highest BCUT2D eigenvalue weighted by Crippen LogP contribution is 2.24. The van der Waals surface area contributed by atoms with Crippen molar-refractivity contribution >= 4 is 27.0 Å². The number of rotatable bonds is 6. The molecular formula is C13H18N4O2S2. The maximum Gasteiger partial charge on any atom is 0.262 e. The van der Waals surface area contributed by atoms with E-state index >= 15 is 0 Å². The van der Waals surface area contributed by atoms with Gasteiger partial charge in [-0.05, 0) is 26.0 Å². The summed E-state index contributed by atoms with van der Waals surface area (Å²) in [4.78, 5) is 9.11. The van der Waals surface area contributed by atoms with Crippen LogP contribution in [-0.2, 0) is 16.6 Å². The Hall–Kier alpha value is -1.51. The fourth-order valence-electron chi connectivity index (χ4n) is 1.83. The molecule has 0 amide bonds. The number of nitrogens with zero attached hydrogens (tertiary/aromatic N) is 3. The van der Waals surface area contributed by atoms with Crippen molar-refractivity contribution in [3.63, 3.8) is 0 Å². The molecule has 0 aromatic carbocycles. The fraction of sp³-hybridized carbons (Fsp3) is 0.385. The number of anilines is 1. The van der Waals surface area contributed by atoms with Gasteiger partial charge in [-0.25, -0.2) is 18.4 Å². The minimum atomic E-state index is -3.65. The molecule has 2 heterocycles. The maximum absolute atomic E-state index is 12.7. The molecule has 0 saturated carbocycles. The molecule has 8 heteroatoms. The molecule has 114 valence electrons. The molecule has 21 heavy (non-hydrogen) atoms. The zero-order chi connectivity index (χ0) is 15.5. The Kier molecular flexibility index (Phi) is 4.92. The Bertz CT molecular complexity index is 712. The van der Waals surface area contributed by atoms with Crippen LogP contribution in [0.4, 0.5) is 5.69 Å². The van der Waals surface area contributed by atoms with E-state index in [4.69, 9.17) is 0 Å². The number of thiazole rings is 1. The normalized spacial score (nSPS) is 11.8. The molecule has 2 aromatic rings. The number of hydrogen-bond acceptors (Lipinski definition) is 6. The van der Waals surface area contributed by atoms with E-state index in [-0.39, 0.29) is 5.03 Å². The van der Waals surface area contributed by atoms with Gasteiger partial charge in [-0.3, -0.25) is 0 Å². The van der Waals surface area contributed by atoms with Gasteiger partial charge in [0.25, 0.3) is 10.0 Å². The summed E-state index contributed by atoms with van der Waals surface area (Å²) in [7, 11) is -2.09. The molecule has 0 atom stereocenters. The predicted molar refractivity (Wildman–Crippen MR) is 83.9 cm³/mol. The molecule has 0 aliphatic rings. The molecule has 0 bridgehead atoms. The Labute approximate surface area is 128 Å². The second-order valence-corrected chi connectivity index (χ2v) is 7.41. The molecule has 0 fully saturated rings. The van der Waals surface area contributed by atoms with Gasteiger partial charge >= 0.3 is 0 Å². The Morgan fingerprint density at radius 2 is 2.14 bits per heavy atom. The molecule has 6 nitrogen and oxygen atoms in total. The number of hydrogen-bond donors (Lipinski definition) is 1. The summed E-state index contributed by atoms with van der Waals surface area (Å²) in [6.07, 6.45) is 1.49. The topological polar surface area (TPSA) is 75.2 Å². The van der Waals surface area contributed by atoms with Crippen LogP contribution >= 0.6 is 11.3 Å². The summed E-state index contributed by atoms with van der Waals surface area (Å²) in [5.74, 6) is 0. The van der Waals surface area contributed by atoms with Crippen LogP contribution < -0.4 is 5.32 Å². The zero-order valence-corrected chi connectivity index (χ0v) is 13.8. The average molecular weight is 326 g/mol. The van der Waals surface area contributed by atoms with Crippen LogP contribution in [0, 0.1) is 6.92 Å². The third-order valence-electron chi connectivity index (χ3n) is 3.00. The van der Waals surface area contributed by atoms with Crippen molar-refractivity contribution in [2.45, 2.75) is 25.4 Å². The molecule has 0 radical (unpaired) electrons. The van der Waals surface area contributed by atoms with Gasteiger partial charge < -0.3 is 5.32 Å². The van der Waals surface area contributed by atoms with Gasteiger partial charge in [-0.2, -0.15) is 4.31 Å². The lowest BCUT2D eigenvalue weighted by molar-refractivity contribution is 0.466. The van der Waals surface area contributed by atoms with Crippen LogP contribution in [0.25, 0.3) is 0 Å². The monoisotopic (exact) mass is 326 g/mol. The van der Waals surface area contributed by atoms with Gasteiger partial charge in [0.2, 0.25) is 0 Å². The number of sulfonamides is 1. The largest absolute Gasteiger partial charge is 0.383 e. The molecule has 0 aliphatic heterocycles. The lowest BCUT2D eigenvalue weighted by Gasteiger charge is -2.18. The number of aromatic nitrogens is 2. The first-order valence-corrected chi connectivity index (χ1v) is 8.83. The molecule has 2 aromatic heterocycles. The van der Waals surface area contributed by atoms with E-state index in [9.17, 15) is 8.42 Å². The second kappa shape index (κ2) is 6.50. The first-order valence-electron chi connectivity index (χ1n) is 6.51. The summed E-state index contributed by atoms with van der Waals surface area (Å²) in [5.41, 5.74) is 3.10. The van der Waals surface area contributed by atoms with E-state index < -0.39 is 10.0 Å². The Morgan fingerprint density at radius 1 is 1.38 bits per heavy atom. The highest BCUT2D eigenvalue weighted by atomic mass is 32.2. The van der Waals surface area contributed by atoms with Crippen LogP contribution in [0.5, 0.6) is 0 Å². The van der Waals surface area contributed by atoms with E-state index in [1.807, 2.05) is 13.8 Å². The summed E-state index contributed by atoms with van der Waals surface area (Å²) < 4.78 is 26.6. The average Bonchev–Trinajstić information content (AvgIpc) is 2.85. The minimum Gasteiger partial charge on any atom is -0.383 e. The van der Waals surface area contributed by atoms with Gasteiger partial charge in [0.1, 0.15) is 0 Å². The molecular weight excluding hydrogens is 308 g/mol. The van der Waals surface area contributed by atoms with Crippen molar-refractivity contribution in [1.82, 2.24) is 14.3 Å². The van der Waals surface area contributed by atoms with E-state index in [0.717, 1.165) is 10.6 Å². The molecule has 0 unspecified atom stereocenters. The van der Waals surface area contributed by atoms with Crippen LogP contribution in [0.2, 0.25) is 0 Å². The van der Waals surface area contributed by atoms with Crippen LogP contribution in [0.3, 0.4) is 0 Å². The Morgan fingerprint density at radius 3 is 2.76 bits per heavy atom. The lowest BCUT2D eigenvalue weighted by atomic mass is 10.4. The van der Waals surface area contributed by atoms with E-state index in [1.54, 1.807) is 24.7 Å². The van der Waals surface area contributed by atoms with Crippen molar-refractivity contribution in [2.24, 2.45) is 0 Å². The van der Waals surface area contributed by atoms with Crippen molar-refractivity contribution < 1.29 is 8.42 Å². The van der Waals surface area contributed by atoms with Crippen LogP contribution in [-0.4, -0.2) is 36.3 Å². The fourth-order valence-corrected chi connectivity index (χ4v) is 3.95. The highest BCUT2D eigenvalue weighted by Gasteiger charge is 2.26. The van der Waals surface area contributed by atoms with Gasteiger partial charge in [0, 0.05) is 31.2 Å². The second-order valence-electron chi connectivity index (χ2n) is 4.51. The summed E-state index contributed by atoms with van der Waals surface area (Å²) in [5, 5.41) is 3.08. The molecule has 1 N–H and O–H groups in total. The minimum absolute atomic E-state index is 0.0523. The third kappa shape index (κ3) is 3.39. The van der Waals surface area contributed by atoms with Gasteiger partial charge in [0.05, 0.1) is 16.9 Å². The van der Waals surface area contributed by atoms with Gasteiger partial charge in [0.15, 0.2) is 5.03 Å². The van der Waals surface area contributed by atoms with Crippen molar-refractivity contribution in [2.75, 3.05) is 18.9 Å². The summed E-state index contributed by atoms with van der Waals surface area (Å²) in [6.45, 7) is 4.71. The van der Waals surface area contributed by atoms with Crippen LogP contribution in [0.15, 0.2) is 28.9 Å². The lowest BCUT2D eigenvalue weighted by Crippen LogP contribution is -2.28. The number of aryl methyl sites for hydroxylation is 1. The first-order chi connectivity index (χ1) is 9.96. The molecule has 0 aliphatic carbocycles. The summed E-state index contributed by atoms with van der Waals surface area (Å²) >= 11 is 1.45. The third-order valence-corrected chi connectivity index (χ3v) is 5.69. The SMILES string of the molecule is CCNc1cccnc1S(=O)(=O)N(C)Cc1scnc1C. The standard InChI is InChI=1S/C13H18N4O2S2/c1-4-14-11-6-5-7-15-13(11)21(18,19)17(3)8-12-10(2)16-9-20-12/h5-7,9,14H,4,8H2,1-3H3. The van der Waals surface area contributed by atoms with Gasteiger partial charge in [-0.1, -0.05) is 0 Å². The zero-order valence-electron chi connectivity index (χ0n) is 12.2. The number of nitrogens with one attached hydrogen (secondary N) is 1. The number of pyridine rings is 1. The van der Waals surface area contributed by atoms with E-state index in [1.165, 1.54) is 21.8 Å². The van der Waals surface area contributed by atoms with E-state index in [2.05, 4.69) is 15.3 Å². The molecule has 0 saturated heterocycles. The van der Waals surface area contributed by atoms with Crippen molar-refractivity contribution in [1.29, 1.82) is 0 Å². The van der Waals surface area contributed by atoms with Crippen LogP contribution in [0.1, 0.15) is 17.5 Å². The predicted octanol–water partition coefficient (Wildman–Crippen LogP) is 2.10. The quantitative estimate of drug-likeness (QED) is 0.880. The molecule has 0 spiro atoms. The van der Waals surface area contributed by atoms with Crippen molar-refractivity contribution in [3.8, 4) is 0 Å². The summed E-state index contributed by atoms with van der Waals surface area (Å²) in [6, 6.07) is 3.43. The molecule has 2 rings (SSSR count). The van der Waals surface area contributed by atoms with Crippen molar-refractivity contribution in [3.05, 3.63) is 34.4 Å².